The molecule has 0 unspecified atom stereocenters. The highest BCUT2D eigenvalue weighted by molar-refractivity contribution is 7.20. The van der Waals surface area contributed by atoms with Crippen LogP contribution in [0.25, 0.3) is 10.2 Å². The summed E-state index contributed by atoms with van der Waals surface area (Å²) in [5.41, 5.74) is 2.33. The van der Waals surface area contributed by atoms with Gasteiger partial charge in [-0.3, -0.25) is 19.0 Å². The number of anilines is 1. The highest BCUT2D eigenvalue weighted by atomic mass is 32.1. The van der Waals surface area contributed by atoms with Crippen LogP contribution in [0.3, 0.4) is 0 Å². The van der Waals surface area contributed by atoms with E-state index in [2.05, 4.69) is 25.8 Å². The topological polar surface area (TPSA) is 75.5 Å². The summed E-state index contributed by atoms with van der Waals surface area (Å²) in [7, 11) is 1.74. The summed E-state index contributed by atoms with van der Waals surface area (Å²) < 4.78 is 1.37. The zero-order chi connectivity index (χ0) is 24.6. The van der Waals surface area contributed by atoms with Crippen LogP contribution >= 0.6 is 11.3 Å². The molecular weight excluding hydrogens is 448 g/mol. The Hall–Kier alpha value is -3.00. The number of fused-ring (bicyclic) bond motifs is 1. The molecule has 1 atom stereocenters. The van der Waals surface area contributed by atoms with Gasteiger partial charge in [-0.25, -0.2) is 4.98 Å². The van der Waals surface area contributed by atoms with Gasteiger partial charge in [-0.2, -0.15) is 0 Å². The minimum Gasteiger partial charge on any atom is -0.338 e. The Morgan fingerprint density at radius 3 is 2.56 bits per heavy atom. The van der Waals surface area contributed by atoms with Crippen LogP contribution < -0.4 is 10.5 Å². The lowest BCUT2D eigenvalue weighted by molar-refractivity contribution is -0.135. The second kappa shape index (κ2) is 9.70. The average molecular weight is 481 g/mol. The van der Waals surface area contributed by atoms with Crippen molar-refractivity contribution in [2.45, 2.75) is 65.5 Å². The standard InChI is InChI=1S/C26H32N4O3S/c1-16(2)19-9-11-20(12-10-19)28(5)26(33)23-18(4)22-24(34-23)27-15-29(25(22)32)14-21(31)30-13-7-6-8-17(30)3/h9-12,15-17H,6-8,13-14H2,1-5H3/t17-/m0/s1. The Morgan fingerprint density at radius 2 is 1.91 bits per heavy atom. The number of hydrogen-bond acceptors (Lipinski definition) is 5. The van der Waals surface area contributed by atoms with Crippen LogP contribution in [0.15, 0.2) is 35.4 Å². The molecule has 180 valence electrons. The zero-order valence-corrected chi connectivity index (χ0v) is 21.3. The van der Waals surface area contributed by atoms with Crippen LogP contribution in [0.4, 0.5) is 5.69 Å². The molecule has 34 heavy (non-hydrogen) atoms. The SMILES string of the molecule is Cc1c(C(=O)N(C)c2ccc(C(C)C)cc2)sc2ncn(CC(=O)N3CCCC[C@@H]3C)c(=O)c12. The van der Waals surface area contributed by atoms with Gasteiger partial charge in [0.1, 0.15) is 11.4 Å². The predicted molar refractivity (Wildman–Crippen MR) is 137 cm³/mol. The van der Waals surface area contributed by atoms with Gasteiger partial charge in [-0.15, -0.1) is 11.3 Å². The van der Waals surface area contributed by atoms with Crippen molar-refractivity contribution in [2.24, 2.45) is 0 Å². The van der Waals surface area contributed by atoms with Crippen LogP contribution in [0.2, 0.25) is 0 Å². The van der Waals surface area contributed by atoms with Gasteiger partial charge in [0.2, 0.25) is 5.91 Å². The molecule has 0 saturated carbocycles. The fourth-order valence-corrected chi connectivity index (χ4v) is 5.65. The fourth-order valence-electron chi connectivity index (χ4n) is 4.53. The molecule has 4 rings (SSSR count). The van der Waals surface area contributed by atoms with Crippen molar-refractivity contribution in [3.63, 3.8) is 0 Å². The number of likely N-dealkylation sites (tertiary alicyclic amines) is 1. The number of piperidine rings is 1. The van der Waals surface area contributed by atoms with Gasteiger partial charge >= 0.3 is 0 Å². The molecule has 3 aromatic rings. The molecular formula is C26H32N4O3S. The highest BCUT2D eigenvalue weighted by Crippen LogP contribution is 2.29. The van der Waals surface area contributed by atoms with Crippen molar-refractivity contribution in [1.82, 2.24) is 14.5 Å². The summed E-state index contributed by atoms with van der Waals surface area (Å²) in [5.74, 6) is 0.171. The number of aryl methyl sites for hydroxylation is 1. The van der Waals surface area contributed by atoms with E-state index in [-0.39, 0.29) is 30.0 Å². The minimum atomic E-state index is -0.278. The Morgan fingerprint density at radius 1 is 1.21 bits per heavy atom. The van der Waals surface area contributed by atoms with Gasteiger partial charge in [0.25, 0.3) is 11.5 Å². The van der Waals surface area contributed by atoms with Gasteiger partial charge in [0, 0.05) is 25.3 Å². The summed E-state index contributed by atoms with van der Waals surface area (Å²) in [6.45, 7) is 8.78. The van der Waals surface area contributed by atoms with E-state index in [1.165, 1.54) is 27.8 Å². The summed E-state index contributed by atoms with van der Waals surface area (Å²) in [6, 6.07) is 8.12. The number of aromatic nitrogens is 2. The summed E-state index contributed by atoms with van der Waals surface area (Å²) >= 11 is 1.22. The van der Waals surface area contributed by atoms with E-state index >= 15 is 0 Å². The third kappa shape index (κ3) is 4.51. The van der Waals surface area contributed by atoms with Gasteiger partial charge < -0.3 is 9.80 Å². The molecule has 0 bridgehead atoms. The number of rotatable bonds is 5. The van der Waals surface area contributed by atoms with Crippen molar-refractivity contribution >= 4 is 39.1 Å². The molecule has 0 radical (unpaired) electrons. The Labute approximate surface area is 204 Å². The molecule has 8 heteroatoms. The Balaban J connectivity index is 1.61. The van der Waals surface area contributed by atoms with Crippen LogP contribution in [-0.2, 0) is 11.3 Å². The third-order valence-electron chi connectivity index (χ3n) is 6.79. The third-order valence-corrected chi connectivity index (χ3v) is 7.98. The van der Waals surface area contributed by atoms with Crippen molar-refractivity contribution in [1.29, 1.82) is 0 Å². The zero-order valence-electron chi connectivity index (χ0n) is 20.5. The number of hydrogen-bond donors (Lipinski definition) is 0. The largest absolute Gasteiger partial charge is 0.338 e. The summed E-state index contributed by atoms with van der Waals surface area (Å²) in [4.78, 5) is 48.3. The van der Waals surface area contributed by atoms with E-state index in [4.69, 9.17) is 0 Å². The van der Waals surface area contributed by atoms with Crippen molar-refractivity contribution < 1.29 is 9.59 Å². The van der Waals surface area contributed by atoms with Crippen molar-refractivity contribution in [2.75, 3.05) is 18.5 Å². The van der Waals surface area contributed by atoms with E-state index in [9.17, 15) is 14.4 Å². The fraction of sp³-hybridized carbons (Fsp3) is 0.462. The smallest absolute Gasteiger partial charge is 0.268 e. The summed E-state index contributed by atoms with van der Waals surface area (Å²) in [6.07, 6.45) is 4.53. The van der Waals surface area contributed by atoms with E-state index in [1.807, 2.05) is 29.2 Å². The molecule has 1 aliphatic rings. The molecule has 1 saturated heterocycles. The van der Waals surface area contributed by atoms with Gasteiger partial charge in [0.05, 0.1) is 16.6 Å². The molecule has 3 heterocycles. The number of thiophene rings is 1. The molecule has 0 N–H and O–H groups in total. The first-order valence-electron chi connectivity index (χ1n) is 11.8. The first-order valence-corrected chi connectivity index (χ1v) is 12.7. The minimum absolute atomic E-state index is 0.0349. The van der Waals surface area contributed by atoms with E-state index in [1.54, 1.807) is 18.9 Å². The number of carbonyl (C=O) groups is 2. The molecule has 1 aliphatic heterocycles. The van der Waals surface area contributed by atoms with Crippen LogP contribution in [0.1, 0.15) is 66.8 Å². The molecule has 1 aromatic carbocycles. The first-order chi connectivity index (χ1) is 16.2. The van der Waals surface area contributed by atoms with Crippen molar-refractivity contribution in [3.8, 4) is 0 Å². The second-order valence-corrected chi connectivity index (χ2v) is 10.5. The van der Waals surface area contributed by atoms with Gasteiger partial charge in [-0.1, -0.05) is 26.0 Å². The van der Waals surface area contributed by atoms with Gasteiger partial charge in [0.15, 0.2) is 0 Å². The molecule has 0 spiro atoms. The number of nitrogens with zero attached hydrogens (tertiary/aromatic N) is 4. The number of carbonyl (C=O) groups excluding carboxylic acids is 2. The van der Waals surface area contributed by atoms with Crippen LogP contribution in [-0.4, -0.2) is 45.9 Å². The maximum absolute atomic E-state index is 13.3. The lowest BCUT2D eigenvalue weighted by Crippen LogP contribution is -2.44. The average Bonchev–Trinajstić information content (AvgIpc) is 3.17. The summed E-state index contributed by atoms with van der Waals surface area (Å²) in [5, 5.41) is 0.416. The monoisotopic (exact) mass is 480 g/mol. The van der Waals surface area contributed by atoms with Gasteiger partial charge in [-0.05, 0) is 62.3 Å². The molecule has 0 aliphatic carbocycles. The maximum atomic E-state index is 13.3. The first kappa shape index (κ1) is 24.1. The quantitative estimate of drug-likeness (QED) is 0.536. The van der Waals surface area contributed by atoms with E-state index in [0.29, 0.717) is 26.6 Å². The van der Waals surface area contributed by atoms with Crippen LogP contribution in [0.5, 0.6) is 0 Å². The lowest BCUT2D eigenvalue weighted by Gasteiger charge is -2.33. The lowest BCUT2D eigenvalue weighted by atomic mass is 10.0. The number of amides is 2. The van der Waals surface area contributed by atoms with Crippen LogP contribution in [0, 0.1) is 6.92 Å². The number of benzene rings is 1. The Kier molecular flexibility index (Phi) is 6.89. The van der Waals surface area contributed by atoms with E-state index in [0.717, 1.165) is 31.5 Å². The van der Waals surface area contributed by atoms with E-state index < -0.39 is 0 Å². The molecule has 1 fully saturated rings. The Bertz CT molecular complexity index is 1280. The molecule has 2 amide bonds. The molecule has 2 aromatic heterocycles. The molecule has 7 nitrogen and oxygen atoms in total. The predicted octanol–water partition coefficient (Wildman–Crippen LogP) is 4.57. The maximum Gasteiger partial charge on any atom is 0.268 e. The normalized spacial score (nSPS) is 16.3. The second-order valence-electron chi connectivity index (χ2n) is 9.46. The van der Waals surface area contributed by atoms with Crippen molar-refractivity contribution in [3.05, 3.63) is 57.0 Å². The highest BCUT2D eigenvalue weighted by Gasteiger charge is 2.26.